The van der Waals surface area contributed by atoms with Gasteiger partial charge in [0.05, 0.1) is 11.3 Å². The van der Waals surface area contributed by atoms with E-state index < -0.39 is 10.0 Å². The minimum Gasteiger partial charge on any atom is -0.337 e. The molecule has 2 heterocycles. The Bertz CT molecular complexity index is 1020. The fourth-order valence-electron chi connectivity index (χ4n) is 3.56. The Kier molecular flexibility index (Phi) is 8.41. The molecule has 2 aromatic rings. The first kappa shape index (κ1) is 24.4. The van der Waals surface area contributed by atoms with Crippen LogP contribution in [0.25, 0.3) is 0 Å². The van der Waals surface area contributed by atoms with Gasteiger partial charge in [-0.2, -0.15) is 0 Å². The van der Waals surface area contributed by atoms with E-state index in [0.717, 1.165) is 19.5 Å². The molecule has 1 aromatic carbocycles. The zero-order chi connectivity index (χ0) is 23.1. The van der Waals surface area contributed by atoms with E-state index in [9.17, 15) is 18.0 Å². The summed E-state index contributed by atoms with van der Waals surface area (Å²) < 4.78 is 26.5. The molecule has 0 aliphatic carbocycles. The van der Waals surface area contributed by atoms with Crippen molar-refractivity contribution in [2.45, 2.75) is 23.5 Å². The van der Waals surface area contributed by atoms with Crippen molar-refractivity contribution >= 4 is 38.9 Å². The van der Waals surface area contributed by atoms with Crippen LogP contribution < -0.4 is 5.32 Å². The molecule has 1 fully saturated rings. The SMILES string of the molecule is CN1CCCN(C(=O)c2ccccc2NC(=O)CCCN(C)S(=O)(=O)c2cccs2)CC1. The van der Waals surface area contributed by atoms with Crippen molar-refractivity contribution in [2.75, 3.05) is 52.1 Å². The van der Waals surface area contributed by atoms with Crippen LogP contribution in [-0.2, 0) is 14.8 Å². The molecule has 1 aromatic heterocycles. The first-order chi connectivity index (χ1) is 15.3. The lowest BCUT2D eigenvalue weighted by Crippen LogP contribution is -2.35. The monoisotopic (exact) mass is 478 g/mol. The number of hydrogen-bond acceptors (Lipinski definition) is 6. The number of benzene rings is 1. The molecular weight excluding hydrogens is 448 g/mol. The second kappa shape index (κ2) is 11.0. The zero-order valence-corrected chi connectivity index (χ0v) is 20.1. The van der Waals surface area contributed by atoms with Crippen LogP contribution >= 0.6 is 11.3 Å². The number of para-hydroxylation sites is 1. The van der Waals surface area contributed by atoms with Crippen molar-refractivity contribution < 1.29 is 18.0 Å². The Balaban J connectivity index is 1.56. The molecule has 2 amide bonds. The van der Waals surface area contributed by atoms with Gasteiger partial charge in [-0.25, -0.2) is 12.7 Å². The Morgan fingerprint density at radius 3 is 2.62 bits per heavy atom. The Hall–Kier alpha value is -2.27. The summed E-state index contributed by atoms with van der Waals surface area (Å²) in [6.45, 7) is 3.36. The highest BCUT2D eigenvalue weighted by atomic mass is 32.2. The van der Waals surface area contributed by atoms with E-state index in [0.29, 0.717) is 30.8 Å². The molecule has 8 nitrogen and oxygen atoms in total. The Morgan fingerprint density at radius 2 is 1.88 bits per heavy atom. The van der Waals surface area contributed by atoms with Crippen molar-refractivity contribution in [2.24, 2.45) is 0 Å². The second-order valence-electron chi connectivity index (χ2n) is 7.91. The van der Waals surface area contributed by atoms with E-state index in [-0.39, 0.29) is 29.0 Å². The zero-order valence-electron chi connectivity index (χ0n) is 18.5. The Morgan fingerprint density at radius 1 is 1.09 bits per heavy atom. The smallest absolute Gasteiger partial charge is 0.256 e. The molecule has 1 aliphatic rings. The third kappa shape index (κ3) is 6.16. The number of carbonyl (C=O) groups excluding carboxylic acids is 2. The normalized spacial score (nSPS) is 15.5. The molecule has 174 valence electrons. The number of nitrogens with one attached hydrogen (secondary N) is 1. The molecule has 1 N–H and O–H groups in total. The van der Waals surface area contributed by atoms with Crippen LogP contribution in [0.2, 0.25) is 0 Å². The maximum absolute atomic E-state index is 13.1. The fraction of sp³-hybridized carbons (Fsp3) is 0.455. The van der Waals surface area contributed by atoms with Crippen LogP contribution in [0, 0.1) is 0 Å². The average molecular weight is 479 g/mol. The van der Waals surface area contributed by atoms with Crippen LogP contribution in [0.4, 0.5) is 5.69 Å². The highest BCUT2D eigenvalue weighted by molar-refractivity contribution is 7.91. The molecule has 0 spiro atoms. The molecule has 32 heavy (non-hydrogen) atoms. The number of anilines is 1. The van der Waals surface area contributed by atoms with Gasteiger partial charge in [-0.05, 0) is 50.0 Å². The maximum Gasteiger partial charge on any atom is 0.256 e. The van der Waals surface area contributed by atoms with Gasteiger partial charge in [0.1, 0.15) is 4.21 Å². The van der Waals surface area contributed by atoms with Crippen molar-refractivity contribution in [3.63, 3.8) is 0 Å². The molecule has 0 unspecified atom stereocenters. The molecule has 0 saturated carbocycles. The molecule has 0 radical (unpaired) electrons. The van der Waals surface area contributed by atoms with Gasteiger partial charge >= 0.3 is 0 Å². The average Bonchev–Trinajstić information content (AvgIpc) is 3.23. The summed E-state index contributed by atoms with van der Waals surface area (Å²) in [4.78, 5) is 29.6. The number of carbonyl (C=O) groups is 2. The Labute approximate surface area is 193 Å². The lowest BCUT2D eigenvalue weighted by atomic mass is 10.1. The summed E-state index contributed by atoms with van der Waals surface area (Å²) in [7, 11) is 0.0370. The summed E-state index contributed by atoms with van der Waals surface area (Å²) in [6, 6.07) is 10.3. The van der Waals surface area contributed by atoms with Gasteiger partial charge in [0.2, 0.25) is 5.91 Å². The van der Waals surface area contributed by atoms with E-state index in [4.69, 9.17) is 0 Å². The molecule has 3 rings (SSSR count). The van der Waals surface area contributed by atoms with Crippen molar-refractivity contribution in [1.82, 2.24) is 14.1 Å². The fourth-order valence-corrected chi connectivity index (χ4v) is 5.97. The lowest BCUT2D eigenvalue weighted by Gasteiger charge is -2.22. The van der Waals surface area contributed by atoms with E-state index in [1.165, 1.54) is 22.7 Å². The van der Waals surface area contributed by atoms with E-state index in [1.807, 2.05) is 11.9 Å². The van der Waals surface area contributed by atoms with Crippen LogP contribution in [0.5, 0.6) is 0 Å². The van der Waals surface area contributed by atoms with E-state index in [1.54, 1.807) is 41.8 Å². The van der Waals surface area contributed by atoms with Gasteiger partial charge in [0, 0.05) is 39.6 Å². The van der Waals surface area contributed by atoms with Crippen molar-refractivity contribution in [3.8, 4) is 0 Å². The molecule has 1 aliphatic heterocycles. The van der Waals surface area contributed by atoms with E-state index in [2.05, 4.69) is 10.2 Å². The number of likely N-dealkylation sites (N-methyl/N-ethyl adjacent to an activating group) is 1. The number of nitrogens with zero attached hydrogens (tertiary/aromatic N) is 3. The first-order valence-electron chi connectivity index (χ1n) is 10.7. The summed E-state index contributed by atoms with van der Waals surface area (Å²) in [6.07, 6.45) is 1.45. The van der Waals surface area contributed by atoms with Gasteiger partial charge in [0.15, 0.2) is 0 Å². The second-order valence-corrected chi connectivity index (χ2v) is 11.1. The summed E-state index contributed by atoms with van der Waals surface area (Å²) >= 11 is 1.17. The van der Waals surface area contributed by atoms with Crippen LogP contribution in [0.15, 0.2) is 46.0 Å². The topological polar surface area (TPSA) is 90.0 Å². The third-order valence-corrected chi connectivity index (χ3v) is 8.70. The minimum absolute atomic E-state index is 0.0852. The predicted molar refractivity (Wildman–Crippen MR) is 126 cm³/mol. The quantitative estimate of drug-likeness (QED) is 0.630. The van der Waals surface area contributed by atoms with Crippen molar-refractivity contribution in [3.05, 3.63) is 47.3 Å². The largest absolute Gasteiger partial charge is 0.337 e. The number of thiophene rings is 1. The van der Waals surface area contributed by atoms with Crippen molar-refractivity contribution in [1.29, 1.82) is 0 Å². The number of hydrogen-bond donors (Lipinski definition) is 1. The highest BCUT2D eigenvalue weighted by Crippen LogP contribution is 2.21. The van der Waals surface area contributed by atoms with Gasteiger partial charge in [0.25, 0.3) is 15.9 Å². The minimum atomic E-state index is -3.52. The van der Waals surface area contributed by atoms with E-state index >= 15 is 0 Å². The predicted octanol–water partition coefficient (Wildman–Crippen LogP) is 2.57. The molecule has 0 bridgehead atoms. The summed E-state index contributed by atoms with van der Waals surface area (Å²) in [5.74, 6) is -0.333. The van der Waals surface area contributed by atoms with Gasteiger partial charge < -0.3 is 15.1 Å². The van der Waals surface area contributed by atoms with Gasteiger partial charge in [-0.15, -0.1) is 11.3 Å². The standard InChI is InChI=1S/C22H30N4O4S2/c1-24-12-7-14-26(16-15-24)22(28)18-8-3-4-9-19(18)23-20(27)10-5-13-25(2)32(29,30)21-11-6-17-31-21/h3-4,6,8-9,11,17H,5,7,10,12-16H2,1-2H3,(H,23,27). The molecule has 0 atom stereocenters. The van der Waals surface area contributed by atoms with Crippen LogP contribution in [-0.4, -0.2) is 81.2 Å². The number of amides is 2. The van der Waals surface area contributed by atoms with Gasteiger partial charge in [-0.3, -0.25) is 9.59 Å². The number of sulfonamides is 1. The summed E-state index contributed by atoms with van der Waals surface area (Å²) in [5, 5.41) is 4.55. The molecular formula is C22H30N4O4S2. The highest BCUT2D eigenvalue weighted by Gasteiger charge is 2.23. The lowest BCUT2D eigenvalue weighted by molar-refractivity contribution is -0.116. The molecule has 1 saturated heterocycles. The van der Waals surface area contributed by atoms with Crippen LogP contribution in [0.1, 0.15) is 29.6 Å². The molecule has 10 heteroatoms. The number of rotatable bonds is 8. The maximum atomic E-state index is 13.1. The first-order valence-corrected chi connectivity index (χ1v) is 13.0. The third-order valence-electron chi connectivity index (χ3n) is 5.47. The summed E-state index contributed by atoms with van der Waals surface area (Å²) in [5.41, 5.74) is 0.961. The van der Waals surface area contributed by atoms with Gasteiger partial charge in [-0.1, -0.05) is 18.2 Å². The van der Waals surface area contributed by atoms with Crippen LogP contribution in [0.3, 0.4) is 0 Å².